The number of carbonyl (C=O) groups excluding carboxylic acids is 3. The summed E-state index contributed by atoms with van der Waals surface area (Å²) in [5.74, 6) is -0.0409. The Morgan fingerprint density at radius 2 is 1.89 bits per heavy atom. The first-order valence-corrected chi connectivity index (χ1v) is 12.3. The maximum atomic E-state index is 13.3. The summed E-state index contributed by atoms with van der Waals surface area (Å²) in [6.45, 7) is 7.20. The van der Waals surface area contributed by atoms with Crippen LogP contribution in [0.25, 0.3) is 10.9 Å². The van der Waals surface area contributed by atoms with E-state index in [1.54, 1.807) is 30.5 Å². The Labute approximate surface area is 209 Å². The molecule has 0 radical (unpaired) electrons. The highest BCUT2D eigenvalue weighted by molar-refractivity contribution is 5.98. The number of primary amides is 1. The van der Waals surface area contributed by atoms with E-state index in [0.717, 1.165) is 35.7 Å². The number of likely N-dealkylation sites (tertiary alicyclic amines) is 1. The van der Waals surface area contributed by atoms with E-state index in [-0.39, 0.29) is 29.3 Å². The van der Waals surface area contributed by atoms with E-state index < -0.39 is 5.91 Å². The standard InChI is InChI=1S/C27H31N5O4/c1-26(2,3)32-15-19-12-27(13-22(33)24(19)30-32)6-8-31(9-7-27)25(35)18-10-17-11-20(36-16-23(28)34)4-5-21(17)29-14-18/h4-5,10-11,14-15H,6-9,12-13,16H2,1-3H3,(H2,28,34). The Morgan fingerprint density at radius 1 is 1.14 bits per heavy atom. The fourth-order valence-corrected chi connectivity index (χ4v) is 5.20. The Hall–Kier alpha value is -3.75. The van der Waals surface area contributed by atoms with Gasteiger partial charge in [0, 0.05) is 42.9 Å². The number of ether oxygens (including phenoxy) is 1. The molecule has 2 aliphatic rings. The number of rotatable bonds is 4. The van der Waals surface area contributed by atoms with Crippen molar-refractivity contribution in [2.75, 3.05) is 19.7 Å². The third kappa shape index (κ3) is 4.57. The van der Waals surface area contributed by atoms with Gasteiger partial charge >= 0.3 is 0 Å². The van der Waals surface area contributed by atoms with E-state index in [0.29, 0.717) is 36.5 Å². The summed E-state index contributed by atoms with van der Waals surface area (Å²) in [6, 6.07) is 7.03. The van der Waals surface area contributed by atoms with Crippen LogP contribution in [-0.2, 0) is 16.8 Å². The molecule has 0 saturated carbocycles. The van der Waals surface area contributed by atoms with Crippen molar-refractivity contribution in [1.29, 1.82) is 0 Å². The van der Waals surface area contributed by atoms with Crippen molar-refractivity contribution in [2.45, 2.75) is 52.0 Å². The molecule has 0 unspecified atom stereocenters. The predicted molar refractivity (Wildman–Crippen MR) is 134 cm³/mol. The minimum absolute atomic E-state index is 0.0777. The van der Waals surface area contributed by atoms with Crippen LogP contribution in [0.1, 0.15) is 66.4 Å². The number of aromatic nitrogens is 3. The lowest BCUT2D eigenvalue weighted by molar-refractivity contribution is -0.119. The smallest absolute Gasteiger partial charge is 0.255 e. The highest BCUT2D eigenvalue weighted by Gasteiger charge is 2.43. The molecule has 188 valence electrons. The van der Waals surface area contributed by atoms with Gasteiger partial charge in [-0.2, -0.15) is 5.10 Å². The van der Waals surface area contributed by atoms with Crippen molar-refractivity contribution in [3.63, 3.8) is 0 Å². The number of piperidine rings is 1. The zero-order valence-corrected chi connectivity index (χ0v) is 20.9. The molecule has 1 aromatic carbocycles. The number of nitrogens with zero attached hydrogens (tertiary/aromatic N) is 4. The Kier molecular flexibility index (Phi) is 5.81. The number of benzene rings is 1. The molecule has 3 heterocycles. The second-order valence-electron chi connectivity index (χ2n) is 11.0. The Bertz CT molecular complexity index is 1360. The Morgan fingerprint density at radius 3 is 2.58 bits per heavy atom. The maximum absolute atomic E-state index is 13.3. The number of hydrogen-bond acceptors (Lipinski definition) is 6. The molecule has 2 amide bonds. The van der Waals surface area contributed by atoms with Crippen molar-refractivity contribution in [3.05, 3.63) is 53.5 Å². The molecule has 5 rings (SSSR count). The lowest BCUT2D eigenvalue weighted by Crippen LogP contribution is -2.46. The molecular weight excluding hydrogens is 458 g/mol. The number of Topliss-reactive ketones (excluding diaryl/α,β-unsaturated/α-hetero) is 1. The molecular formula is C27H31N5O4. The minimum Gasteiger partial charge on any atom is -0.484 e. The topological polar surface area (TPSA) is 120 Å². The molecule has 1 saturated heterocycles. The SMILES string of the molecule is CC(C)(C)n1cc2c(n1)C(=O)CC1(CCN(C(=O)c3cnc4ccc(OCC(N)=O)cc4c3)CC1)C2. The van der Waals surface area contributed by atoms with Gasteiger partial charge < -0.3 is 15.4 Å². The summed E-state index contributed by atoms with van der Waals surface area (Å²) in [5, 5.41) is 5.33. The van der Waals surface area contributed by atoms with Crippen LogP contribution in [0.2, 0.25) is 0 Å². The van der Waals surface area contributed by atoms with Gasteiger partial charge in [0.15, 0.2) is 12.4 Å². The van der Waals surface area contributed by atoms with Crippen molar-refractivity contribution in [3.8, 4) is 5.75 Å². The maximum Gasteiger partial charge on any atom is 0.255 e. The lowest BCUT2D eigenvalue weighted by atomic mass is 9.67. The van der Waals surface area contributed by atoms with Crippen molar-refractivity contribution in [2.24, 2.45) is 11.1 Å². The van der Waals surface area contributed by atoms with E-state index in [2.05, 4.69) is 30.9 Å². The molecule has 0 bridgehead atoms. The summed E-state index contributed by atoms with van der Waals surface area (Å²) >= 11 is 0. The van der Waals surface area contributed by atoms with Gasteiger partial charge in [0.2, 0.25) is 0 Å². The molecule has 1 fully saturated rings. The summed E-state index contributed by atoms with van der Waals surface area (Å²) in [4.78, 5) is 43.5. The van der Waals surface area contributed by atoms with Crippen LogP contribution >= 0.6 is 0 Å². The van der Waals surface area contributed by atoms with E-state index in [9.17, 15) is 14.4 Å². The summed E-state index contributed by atoms with van der Waals surface area (Å²) in [7, 11) is 0. The Balaban J connectivity index is 1.29. The third-order valence-electron chi connectivity index (χ3n) is 7.23. The van der Waals surface area contributed by atoms with E-state index in [1.165, 1.54) is 0 Å². The van der Waals surface area contributed by atoms with Crippen LogP contribution in [0.15, 0.2) is 36.7 Å². The van der Waals surface area contributed by atoms with Crippen LogP contribution in [0.5, 0.6) is 5.75 Å². The first-order valence-electron chi connectivity index (χ1n) is 12.3. The zero-order valence-electron chi connectivity index (χ0n) is 20.9. The first kappa shape index (κ1) is 24.0. The summed E-state index contributed by atoms with van der Waals surface area (Å²) < 4.78 is 7.27. The lowest BCUT2D eigenvalue weighted by Gasteiger charge is -2.43. The van der Waals surface area contributed by atoms with Gasteiger partial charge in [-0.25, -0.2) is 0 Å². The fraction of sp³-hybridized carbons (Fsp3) is 0.444. The van der Waals surface area contributed by atoms with Crippen LogP contribution in [-0.4, -0.2) is 57.0 Å². The van der Waals surface area contributed by atoms with Gasteiger partial charge in [0.25, 0.3) is 11.8 Å². The van der Waals surface area contributed by atoms with Crippen molar-refractivity contribution >= 4 is 28.5 Å². The number of pyridine rings is 1. The fourth-order valence-electron chi connectivity index (χ4n) is 5.20. The van der Waals surface area contributed by atoms with Gasteiger partial charge in [-0.05, 0) is 69.7 Å². The molecule has 36 heavy (non-hydrogen) atoms. The molecule has 0 atom stereocenters. The van der Waals surface area contributed by atoms with E-state index in [1.807, 2.05) is 15.8 Å². The first-order chi connectivity index (χ1) is 17.0. The van der Waals surface area contributed by atoms with E-state index >= 15 is 0 Å². The van der Waals surface area contributed by atoms with Gasteiger partial charge in [-0.3, -0.25) is 24.0 Å². The zero-order chi connectivity index (χ0) is 25.7. The minimum atomic E-state index is -0.557. The van der Waals surface area contributed by atoms with Crippen LogP contribution in [0.3, 0.4) is 0 Å². The van der Waals surface area contributed by atoms with Crippen molar-refractivity contribution < 1.29 is 19.1 Å². The molecule has 1 aliphatic carbocycles. The average molecular weight is 490 g/mol. The van der Waals surface area contributed by atoms with Gasteiger partial charge in [-0.15, -0.1) is 0 Å². The highest BCUT2D eigenvalue weighted by atomic mass is 16.5. The monoisotopic (exact) mass is 489 g/mol. The summed E-state index contributed by atoms with van der Waals surface area (Å²) in [5.41, 5.74) is 7.70. The second kappa shape index (κ2) is 8.72. The largest absolute Gasteiger partial charge is 0.484 e. The molecule has 3 aromatic rings. The molecule has 9 nitrogen and oxygen atoms in total. The number of nitrogens with two attached hydrogens (primary N) is 1. The van der Waals surface area contributed by atoms with Crippen LogP contribution in [0, 0.1) is 5.41 Å². The normalized spacial score (nSPS) is 17.3. The van der Waals surface area contributed by atoms with Gasteiger partial charge in [0.05, 0.1) is 16.6 Å². The molecule has 1 spiro atoms. The quantitative estimate of drug-likeness (QED) is 0.601. The summed E-state index contributed by atoms with van der Waals surface area (Å²) in [6.07, 6.45) is 6.46. The van der Waals surface area contributed by atoms with Gasteiger partial charge in [0.1, 0.15) is 11.4 Å². The molecule has 9 heteroatoms. The van der Waals surface area contributed by atoms with E-state index in [4.69, 9.17) is 10.5 Å². The number of ketones is 1. The number of hydrogen-bond donors (Lipinski definition) is 1. The number of amides is 2. The highest BCUT2D eigenvalue weighted by Crippen LogP contribution is 2.43. The third-order valence-corrected chi connectivity index (χ3v) is 7.23. The van der Waals surface area contributed by atoms with Gasteiger partial charge in [-0.1, -0.05) is 0 Å². The van der Waals surface area contributed by atoms with Crippen LogP contribution < -0.4 is 10.5 Å². The average Bonchev–Trinajstić information content (AvgIpc) is 3.27. The van der Waals surface area contributed by atoms with Crippen molar-refractivity contribution in [1.82, 2.24) is 19.7 Å². The number of carbonyl (C=O) groups is 3. The molecule has 2 aromatic heterocycles. The number of fused-ring (bicyclic) bond motifs is 2. The molecule has 2 N–H and O–H groups in total. The second-order valence-corrected chi connectivity index (χ2v) is 11.0. The molecule has 1 aliphatic heterocycles. The predicted octanol–water partition coefficient (Wildman–Crippen LogP) is 3.10. The van der Waals surface area contributed by atoms with Crippen LogP contribution in [0.4, 0.5) is 0 Å².